The number of ether oxygens (including phenoxy) is 1. The molecule has 0 amide bonds. The van der Waals surface area contributed by atoms with Crippen LogP contribution in [0.4, 0.5) is 5.82 Å². The average molecular weight is 344 g/mol. The van der Waals surface area contributed by atoms with Crippen molar-refractivity contribution < 1.29 is 4.74 Å². The second-order valence-electron chi connectivity index (χ2n) is 7.05. The predicted octanol–water partition coefficient (Wildman–Crippen LogP) is 1.94. The van der Waals surface area contributed by atoms with E-state index in [1.54, 1.807) is 0 Å². The minimum absolute atomic E-state index is 0.303. The van der Waals surface area contributed by atoms with Gasteiger partial charge in [0.05, 0.1) is 12.7 Å². The molecular formula is C18H28N6O. The largest absolute Gasteiger partial charge is 0.375 e. The van der Waals surface area contributed by atoms with Gasteiger partial charge >= 0.3 is 0 Å². The molecule has 2 fully saturated rings. The zero-order valence-corrected chi connectivity index (χ0v) is 15.3. The summed E-state index contributed by atoms with van der Waals surface area (Å²) in [5, 5.41) is 13.4. The monoisotopic (exact) mass is 344 g/mol. The van der Waals surface area contributed by atoms with Crippen molar-refractivity contribution >= 4 is 11.5 Å². The summed E-state index contributed by atoms with van der Waals surface area (Å²) in [7, 11) is 0. The quantitative estimate of drug-likeness (QED) is 0.729. The Morgan fingerprint density at radius 1 is 1.16 bits per heavy atom. The highest BCUT2D eigenvalue weighted by Gasteiger charge is 2.30. The summed E-state index contributed by atoms with van der Waals surface area (Å²) in [5.74, 6) is 2.57. The Morgan fingerprint density at radius 2 is 2.00 bits per heavy atom. The molecule has 25 heavy (non-hydrogen) atoms. The third-order valence-corrected chi connectivity index (χ3v) is 5.34. The number of nitrogens with zero attached hydrogens (tertiary/aromatic N) is 6. The highest BCUT2D eigenvalue weighted by Crippen LogP contribution is 2.38. The summed E-state index contributed by atoms with van der Waals surface area (Å²) in [4.78, 5) is 4.71. The van der Waals surface area contributed by atoms with Gasteiger partial charge in [-0.05, 0) is 44.5 Å². The lowest BCUT2D eigenvalue weighted by atomic mass is 10.3. The van der Waals surface area contributed by atoms with Crippen molar-refractivity contribution in [3.63, 3.8) is 0 Å². The lowest BCUT2D eigenvalue weighted by Gasteiger charge is -2.20. The van der Waals surface area contributed by atoms with Crippen LogP contribution in [0.2, 0.25) is 0 Å². The van der Waals surface area contributed by atoms with Crippen LogP contribution in [0.5, 0.6) is 0 Å². The van der Waals surface area contributed by atoms with Crippen molar-refractivity contribution in [2.75, 3.05) is 44.2 Å². The Morgan fingerprint density at radius 3 is 2.76 bits per heavy atom. The zero-order chi connectivity index (χ0) is 17.2. The number of hydrogen-bond donors (Lipinski definition) is 0. The van der Waals surface area contributed by atoms with E-state index in [-0.39, 0.29) is 0 Å². The fourth-order valence-electron chi connectivity index (χ4n) is 3.52. The second-order valence-corrected chi connectivity index (χ2v) is 7.05. The maximum absolute atomic E-state index is 6.09. The molecule has 2 aliphatic rings. The van der Waals surface area contributed by atoms with Crippen LogP contribution in [0.25, 0.3) is 5.65 Å². The first-order valence-corrected chi connectivity index (χ1v) is 9.59. The van der Waals surface area contributed by atoms with Gasteiger partial charge < -0.3 is 14.5 Å². The van der Waals surface area contributed by atoms with Gasteiger partial charge in [0, 0.05) is 25.6 Å². The molecule has 0 radical (unpaired) electrons. The molecule has 7 nitrogen and oxygen atoms in total. The molecule has 0 N–H and O–H groups in total. The molecule has 2 aromatic heterocycles. The minimum Gasteiger partial charge on any atom is -0.375 e. The number of hydrogen-bond acceptors (Lipinski definition) is 6. The van der Waals surface area contributed by atoms with Crippen LogP contribution in [0.3, 0.4) is 0 Å². The van der Waals surface area contributed by atoms with Gasteiger partial charge in [0.15, 0.2) is 11.5 Å². The summed E-state index contributed by atoms with van der Waals surface area (Å²) in [6, 6.07) is 4.08. The fraction of sp³-hybridized carbons (Fsp3) is 0.722. The van der Waals surface area contributed by atoms with E-state index in [1.807, 2.05) is 10.6 Å². The maximum Gasteiger partial charge on any atom is 0.178 e. The minimum atomic E-state index is 0.303. The Balaban J connectivity index is 1.36. The van der Waals surface area contributed by atoms with Crippen LogP contribution in [-0.2, 0) is 4.74 Å². The summed E-state index contributed by atoms with van der Waals surface area (Å²) < 4.78 is 8.02. The van der Waals surface area contributed by atoms with Gasteiger partial charge in [-0.1, -0.05) is 13.8 Å². The SMILES string of the molecule is CCN(CC)CCOC1CCN(c2ccc3nnc(C4CC4)n3n2)C1. The van der Waals surface area contributed by atoms with Gasteiger partial charge in [-0.15, -0.1) is 15.3 Å². The van der Waals surface area contributed by atoms with Crippen molar-refractivity contribution in [1.29, 1.82) is 0 Å². The van der Waals surface area contributed by atoms with Gasteiger partial charge in [-0.3, -0.25) is 0 Å². The Labute approximate surface area is 149 Å². The first-order valence-electron chi connectivity index (χ1n) is 9.59. The van der Waals surface area contributed by atoms with E-state index in [2.05, 4.69) is 39.9 Å². The van der Waals surface area contributed by atoms with E-state index in [1.165, 1.54) is 12.8 Å². The Kier molecular flexibility index (Phi) is 4.85. The molecular weight excluding hydrogens is 316 g/mol. The smallest absolute Gasteiger partial charge is 0.178 e. The van der Waals surface area contributed by atoms with E-state index in [0.717, 1.165) is 63.0 Å². The van der Waals surface area contributed by atoms with Crippen LogP contribution < -0.4 is 4.90 Å². The van der Waals surface area contributed by atoms with Gasteiger partial charge in [-0.2, -0.15) is 4.52 Å². The first-order chi connectivity index (χ1) is 12.3. The molecule has 0 spiro atoms. The van der Waals surface area contributed by atoms with E-state index in [4.69, 9.17) is 9.84 Å². The molecule has 1 unspecified atom stereocenters. The van der Waals surface area contributed by atoms with Gasteiger partial charge in [-0.25, -0.2) is 0 Å². The van der Waals surface area contributed by atoms with Crippen LogP contribution in [-0.4, -0.2) is 70.1 Å². The number of likely N-dealkylation sites (N-methyl/N-ethyl adjacent to an activating group) is 1. The second kappa shape index (κ2) is 7.25. The summed E-state index contributed by atoms with van der Waals surface area (Å²) >= 11 is 0. The van der Waals surface area contributed by atoms with Crippen molar-refractivity contribution in [2.24, 2.45) is 0 Å². The molecule has 2 aromatic rings. The molecule has 3 heterocycles. The molecule has 1 saturated heterocycles. The highest BCUT2D eigenvalue weighted by molar-refractivity contribution is 5.47. The third kappa shape index (κ3) is 3.62. The summed E-state index contributed by atoms with van der Waals surface area (Å²) in [5.41, 5.74) is 0.844. The van der Waals surface area contributed by atoms with Crippen LogP contribution in [0.15, 0.2) is 12.1 Å². The van der Waals surface area contributed by atoms with E-state index in [0.29, 0.717) is 12.0 Å². The maximum atomic E-state index is 6.09. The van der Waals surface area contributed by atoms with E-state index in [9.17, 15) is 0 Å². The van der Waals surface area contributed by atoms with Crippen molar-refractivity contribution in [1.82, 2.24) is 24.7 Å². The molecule has 0 bridgehead atoms. The number of fused-ring (bicyclic) bond motifs is 1. The number of anilines is 1. The molecule has 1 saturated carbocycles. The van der Waals surface area contributed by atoms with E-state index < -0.39 is 0 Å². The molecule has 7 heteroatoms. The Bertz CT molecular complexity index is 709. The van der Waals surface area contributed by atoms with Gasteiger partial charge in [0.2, 0.25) is 0 Å². The van der Waals surface area contributed by atoms with E-state index >= 15 is 0 Å². The molecule has 1 atom stereocenters. The topological polar surface area (TPSA) is 58.8 Å². The van der Waals surface area contributed by atoms with Crippen LogP contribution in [0.1, 0.15) is 44.9 Å². The Hall–Kier alpha value is -1.73. The third-order valence-electron chi connectivity index (χ3n) is 5.34. The van der Waals surface area contributed by atoms with Crippen LogP contribution >= 0.6 is 0 Å². The molecule has 136 valence electrons. The van der Waals surface area contributed by atoms with Crippen molar-refractivity contribution in [3.8, 4) is 0 Å². The van der Waals surface area contributed by atoms with Crippen LogP contribution in [0, 0.1) is 0 Å². The van der Waals surface area contributed by atoms with Gasteiger partial charge in [0.1, 0.15) is 5.82 Å². The van der Waals surface area contributed by atoms with Crippen molar-refractivity contribution in [2.45, 2.75) is 45.1 Å². The van der Waals surface area contributed by atoms with Crippen molar-refractivity contribution in [3.05, 3.63) is 18.0 Å². The first kappa shape index (κ1) is 16.7. The highest BCUT2D eigenvalue weighted by atomic mass is 16.5. The zero-order valence-electron chi connectivity index (χ0n) is 15.3. The fourth-order valence-corrected chi connectivity index (χ4v) is 3.52. The predicted molar refractivity (Wildman–Crippen MR) is 97.1 cm³/mol. The molecule has 1 aliphatic heterocycles. The lowest BCUT2D eigenvalue weighted by Crippen LogP contribution is -2.30. The lowest BCUT2D eigenvalue weighted by molar-refractivity contribution is 0.0520. The standard InChI is InChI=1S/C18H28N6O/c1-3-22(4-2)11-12-25-15-9-10-23(13-15)17-8-7-16-19-20-18(14-5-6-14)24(16)21-17/h7-8,14-15H,3-6,9-13H2,1-2H3. The average Bonchev–Trinajstić information content (AvgIpc) is 3.22. The number of rotatable bonds is 8. The normalized spacial score (nSPS) is 20.9. The molecule has 4 rings (SSSR count). The molecule has 1 aliphatic carbocycles. The van der Waals surface area contributed by atoms with Gasteiger partial charge in [0.25, 0.3) is 0 Å². The summed E-state index contributed by atoms with van der Waals surface area (Å²) in [6.07, 6.45) is 3.78. The molecule has 0 aromatic carbocycles. The summed E-state index contributed by atoms with van der Waals surface area (Å²) in [6.45, 7) is 10.3. The number of aromatic nitrogens is 4.